The standard InChI is InChI=1S/2C12H22N2O2/c2*1-12(2,3)16-11(15)14-9-4-5-10(14)8-13-7-6-9/h2*9-10,13H,4-8H2,1-3H3/t2*9-,10+/m10/s1. The first kappa shape index (κ1) is 25.1. The molecule has 8 nitrogen and oxygen atoms in total. The molecule has 0 aliphatic carbocycles. The molecule has 4 bridgehead atoms. The van der Waals surface area contributed by atoms with E-state index < -0.39 is 11.2 Å². The summed E-state index contributed by atoms with van der Waals surface area (Å²) in [5, 5.41) is 6.75. The third kappa shape index (κ3) is 6.73. The number of nitrogens with one attached hydrogen (secondary N) is 2. The lowest BCUT2D eigenvalue weighted by Gasteiger charge is -2.30. The van der Waals surface area contributed by atoms with E-state index in [0.717, 1.165) is 64.7 Å². The lowest BCUT2D eigenvalue weighted by Crippen LogP contribution is -2.45. The van der Waals surface area contributed by atoms with Crippen molar-refractivity contribution in [3.63, 3.8) is 0 Å². The Labute approximate surface area is 193 Å². The van der Waals surface area contributed by atoms with Crippen LogP contribution in [0.25, 0.3) is 0 Å². The van der Waals surface area contributed by atoms with Crippen molar-refractivity contribution < 1.29 is 19.1 Å². The molecule has 32 heavy (non-hydrogen) atoms. The van der Waals surface area contributed by atoms with Gasteiger partial charge in [0.05, 0.1) is 0 Å². The van der Waals surface area contributed by atoms with Crippen LogP contribution in [0.15, 0.2) is 0 Å². The SMILES string of the molecule is CC(C)(C)OC(=O)N1[C@@H]2CCNC[C@H]1CC2.CC(C)(C)OC(=O)N1[C@H]2CCNC[C@@H]1CC2. The Morgan fingerprint density at radius 1 is 0.625 bits per heavy atom. The summed E-state index contributed by atoms with van der Waals surface area (Å²) in [6, 6.07) is 1.44. The lowest BCUT2D eigenvalue weighted by molar-refractivity contribution is 0.0150. The highest BCUT2D eigenvalue weighted by molar-refractivity contribution is 5.70. The van der Waals surface area contributed by atoms with Crippen molar-refractivity contribution in [2.75, 3.05) is 26.2 Å². The molecule has 4 heterocycles. The second-order valence-electron chi connectivity index (χ2n) is 11.5. The first-order valence-corrected chi connectivity index (χ1v) is 12.4. The van der Waals surface area contributed by atoms with Crippen LogP contribution in [-0.2, 0) is 9.47 Å². The van der Waals surface area contributed by atoms with Crippen LogP contribution in [0.2, 0.25) is 0 Å². The van der Waals surface area contributed by atoms with Gasteiger partial charge in [0.25, 0.3) is 0 Å². The Balaban J connectivity index is 0.000000181. The molecule has 2 amide bonds. The van der Waals surface area contributed by atoms with Crippen molar-refractivity contribution in [2.45, 2.75) is 115 Å². The number of fused-ring (bicyclic) bond motifs is 4. The molecule has 4 fully saturated rings. The molecule has 0 spiro atoms. The number of carbonyl (C=O) groups is 2. The highest BCUT2D eigenvalue weighted by atomic mass is 16.6. The zero-order valence-electron chi connectivity index (χ0n) is 20.9. The molecule has 4 saturated heterocycles. The maximum atomic E-state index is 12.1. The fourth-order valence-corrected chi connectivity index (χ4v) is 5.19. The average molecular weight is 453 g/mol. The highest BCUT2D eigenvalue weighted by Gasteiger charge is 2.41. The van der Waals surface area contributed by atoms with Crippen molar-refractivity contribution in [2.24, 2.45) is 0 Å². The lowest BCUT2D eigenvalue weighted by atomic mass is 10.1. The quantitative estimate of drug-likeness (QED) is 0.585. The number of hydrogen-bond donors (Lipinski definition) is 2. The predicted octanol–water partition coefficient (Wildman–Crippen LogP) is 3.50. The van der Waals surface area contributed by atoms with Crippen molar-refractivity contribution in [1.82, 2.24) is 20.4 Å². The van der Waals surface area contributed by atoms with Gasteiger partial charge >= 0.3 is 12.2 Å². The fourth-order valence-electron chi connectivity index (χ4n) is 5.19. The van der Waals surface area contributed by atoms with Gasteiger partial charge in [-0.3, -0.25) is 0 Å². The van der Waals surface area contributed by atoms with Crippen LogP contribution < -0.4 is 10.6 Å². The van der Waals surface area contributed by atoms with Crippen molar-refractivity contribution in [1.29, 1.82) is 0 Å². The van der Waals surface area contributed by atoms with E-state index in [1.807, 2.05) is 51.3 Å². The second-order valence-corrected chi connectivity index (χ2v) is 11.5. The van der Waals surface area contributed by atoms with E-state index in [9.17, 15) is 9.59 Å². The summed E-state index contributed by atoms with van der Waals surface area (Å²) in [6.45, 7) is 15.4. The molecule has 184 valence electrons. The van der Waals surface area contributed by atoms with Crippen LogP contribution in [0, 0.1) is 0 Å². The molecule has 0 saturated carbocycles. The average Bonchev–Trinajstić information content (AvgIpc) is 3.05. The summed E-state index contributed by atoms with van der Waals surface area (Å²) in [6.07, 6.45) is 6.31. The first-order chi connectivity index (χ1) is 14.9. The summed E-state index contributed by atoms with van der Waals surface area (Å²) in [4.78, 5) is 28.1. The molecule has 4 rings (SSSR count). The van der Waals surface area contributed by atoms with E-state index in [-0.39, 0.29) is 12.2 Å². The molecule has 0 aromatic heterocycles. The Bertz CT molecular complexity index is 573. The van der Waals surface area contributed by atoms with Gasteiger partial charge in [0.15, 0.2) is 0 Å². The van der Waals surface area contributed by atoms with Crippen LogP contribution in [0.4, 0.5) is 9.59 Å². The normalized spacial score (nSPS) is 30.1. The Morgan fingerprint density at radius 3 is 1.31 bits per heavy atom. The summed E-state index contributed by atoms with van der Waals surface area (Å²) >= 11 is 0. The van der Waals surface area contributed by atoms with E-state index in [0.29, 0.717) is 24.2 Å². The van der Waals surface area contributed by atoms with E-state index in [2.05, 4.69) is 10.6 Å². The van der Waals surface area contributed by atoms with Crippen LogP contribution in [0.5, 0.6) is 0 Å². The third-order valence-electron chi connectivity index (χ3n) is 6.52. The molecular formula is C24H44N4O4. The summed E-state index contributed by atoms with van der Waals surface area (Å²) < 4.78 is 10.9. The molecule has 4 atom stereocenters. The number of carbonyl (C=O) groups excluding carboxylic acids is 2. The molecule has 0 aromatic carbocycles. The van der Waals surface area contributed by atoms with Gasteiger partial charge in [0, 0.05) is 37.3 Å². The van der Waals surface area contributed by atoms with Crippen molar-refractivity contribution >= 4 is 12.2 Å². The fraction of sp³-hybridized carbons (Fsp3) is 0.917. The molecule has 0 unspecified atom stereocenters. The predicted molar refractivity (Wildman–Crippen MR) is 125 cm³/mol. The largest absolute Gasteiger partial charge is 0.444 e. The van der Waals surface area contributed by atoms with E-state index in [4.69, 9.17) is 9.47 Å². The van der Waals surface area contributed by atoms with Gasteiger partial charge in [-0.1, -0.05) is 0 Å². The van der Waals surface area contributed by atoms with Gasteiger partial charge in [-0.2, -0.15) is 0 Å². The molecule has 0 aromatic rings. The molecule has 0 radical (unpaired) electrons. The number of ether oxygens (including phenoxy) is 2. The van der Waals surface area contributed by atoms with E-state index in [1.54, 1.807) is 0 Å². The monoisotopic (exact) mass is 452 g/mol. The van der Waals surface area contributed by atoms with Gasteiger partial charge in [-0.25, -0.2) is 9.59 Å². The number of rotatable bonds is 0. The Hall–Kier alpha value is -1.54. The minimum atomic E-state index is -0.393. The number of nitrogens with zero attached hydrogens (tertiary/aromatic N) is 2. The smallest absolute Gasteiger partial charge is 0.410 e. The van der Waals surface area contributed by atoms with Crippen LogP contribution in [0.3, 0.4) is 0 Å². The molecular weight excluding hydrogens is 408 g/mol. The second kappa shape index (κ2) is 10.2. The van der Waals surface area contributed by atoms with Crippen molar-refractivity contribution in [3.05, 3.63) is 0 Å². The topological polar surface area (TPSA) is 83.1 Å². The Kier molecular flexibility index (Phi) is 7.97. The summed E-state index contributed by atoms with van der Waals surface area (Å²) in [5.41, 5.74) is -0.785. The number of amides is 2. The molecule has 2 N–H and O–H groups in total. The van der Waals surface area contributed by atoms with Gasteiger partial charge in [-0.05, 0) is 93.2 Å². The van der Waals surface area contributed by atoms with Gasteiger partial charge in [0.2, 0.25) is 0 Å². The summed E-state index contributed by atoms with van der Waals surface area (Å²) in [7, 11) is 0. The zero-order valence-corrected chi connectivity index (χ0v) is 20.9. The minimum absolute atomic E-state index is 0.135. The molecule has 8 heteroatoms. The van der Waals surface area contributed by atoms with Crippen molar-refractivity contribution in [3.8, 4) is 0 Å². The highest BCUT2D eigenvalue weighted by Crippen LogP contribution is 2.30. The molecule has 4 aliphatic heterocycles. The van der Waals surface area contributed by atoms with Gasteiger partial charge in [-0.15, -0.1) is 0 Å². The minimum Gasteiger partial charge on any atom is -0.444 e. The van der Waals surface area contributed by atoms with E-state index in [1.165, 1.54) is 0 Å². The summed E-state index contributed by atoms with van der Waals surface area (Å²) in [5.74, 6) is 0. The number of hydrogen-bond acceptors (Lipinski definition) is 6. The van der Waals surface area contributed by atoms with Crippen LogP contribution in [0.1, 0.15) is 80.1 Å². The third-order valence-corrected chi connectivity index (χ3v) is 6.52. The zero-order chi connectivity index (χ0) is 23.5. The first-order valence-electron chi connectivity index (χ1n) is 12.4. The van der Waals surface area contributed by atoms with Crippen LogP contribution in [-0.4, -0.2) is 83.5 Å². The van der Waals surface area contributed by atoms with Crippen LogP contribution >= 0.6 is 0 Å². The Morgan fingerprint density at radius 2 is 0.969 bits per heavy atom. The maximum Gasteiger partial charge on any atom is 0.410 e. The van der Waals surface area contributed by atoms with Gasteiger partial charge in [0.1, 0.15) is 11.2 Å². The molecule has 4 aliphatic rings. The van der Waals surface area contributed by atoms with E-state index >= 15 is 0 Å². The maximum absolute atomic E-state index is 12.1. The van der Waals surface area contributed by atoms with Gasteiger partial charge < -0.3 is 29.9 Å².